The summed E-state index contributed by atoms with van der Waals surface area (Å²) in [5.41, 5.74) is 0.610. The molecule has 0 aliphatic heterocycles. The van der Waals surface area contributed by atoms with Gasteiger partial charge in [-0.3, -0.25) is 5.32 Å². The highest BCUT2D eigenvalue weighted by atomic mass is 16.5. The minimum Gasteiger partial charge on any atom is -0.495 e. The predicted molar refractivity (Wildman–Crippen MR) is 81.1 cm³/mol. The Hall–Kier alpha value is -1.73. The summed E-state index contributed by atoms with van der Waals surface area (Å²) >= 11 is 0. The first-order chi connectivity index (χ1) is 9.58. The summed E-state index contributed by atoms with van der Waals surface area (Å²) in [5.74, 6) is 0.865. The van der Waals surface area contributed by atoms with E-state index in [2.05, 4.69) is 16.3 Å². The van der Waals surface area contributed by atoms with Crippen molar-refractivity contribution in [2.24, 2.45) is 0 Å². The van der Waals surface area contributed by atoms with E-state index in [1.807, 2.05) is 38.2 Å². The average Bonchev–Trinajstić information content (AvgIpc) is 3.28. The van der Waals surface area contributed by atoms with Crippen LogP contribution in [0.25, 0.3) is 0 Å². The Morgan fingerprint density at radius 2 is 2.15 bits per heavy atom. The van der Waals surface area contributed by atoms with Crippen LogP contribution in [0, 0.1) is 11.3 Å². The number of rotatable bonds is 7. The molecular weight excluding hydrogens is 250 g/mol. The van der Waals surface area contributed by atoms with Gasteiger partial charge in [0.1, 0.15) is 11.3 Å². The Labute approximate surface area is 121 Å². The lowest BCUT2D eigenvalue weighted by Gasteiger charge is -2.28. The van der Waals surface area contributed by atoms with Crippen LogP contribution in [0.5, 0.6) is 5.75 Å². The number of hydrogen-bond acceptors (Lipinski definition) is 4. The van der Waals surface area contributed by atoms with Gasteiger partial charge in [0.15, 0.2) is 0 Å². The second-order valence-electron chi connectivity index (χ2n) is 5.71. The van der Waals surface area contributed by atoms with E-state index in [0.717, 1.165) is 24.4 Å². The topological polar surface area (TPSA) is 48.3 Å². The SMILES string of the molecule is COc1ccccc1N(C)CCC(C)(C#N)NC1CC1. The number of nitriles is 1. The van der Waals surface area contributed by atoms with E-state index in [1.54, 1.807) is 7.11 Å². The Balaban J connectivity index is 1.96. The first-order valence-electron chi connectivity index (χ1n) is 7.11. The van der Waals surface area contributed by atoms with Gasteiger partial charge in [-0.15, -0.1) is 0 Å². The monoisotopic (exact) mass is 273 g/mol. The van der Waals surface area contributed by atoms with Gasteiger partial charge in [0.05, 0.1) is 18.9 Å². The molecule has 108 valence electrons. The summed E-state index contributed by atoms with van der Waals surface area (Å²) in [6.45, 7) is 2.80. The number of anilines is 1. The molecule has 1 aromatic rings. The summed E-state index contributed by atoms with van der Waals surface area (Å²) in [6, 6.07) is 10.9. The molecule has 0 saturated heterocycles. The van der Waals surface area contributed by atoms with Gasteiger partial charge in [-0.25, -0.2) is 0 Å². The molecule has 1 unspecified atom stereocenters. The zero-order chi connectivity index (χ0) is 14.6. The van der Waals surface area contributed by atoms with E-state index >= 15 is 0 Å². The molecule has 1 aliphatic carbocycles. The van der Waals surface area contributed by atoms with Gasteiger partial charge in [-0.1, -0.05) is 12.1 Å². The normalized spacial score (nSPS) is 17.1. The molecule has 0 bridgehead atoms. The van der Waals surface area contributed by atoms with Crippen LogP contribution in [0.2, 0.25) is 0 Å². The maximum absolute atomic E-state index is 9.39. The van der Waals surface area contributed by atoms with E-state index in [-0.39, 0.29) is 0 Å². The molecule has 1 atom stereocenters. The molecule has 0 aromatic heterocycles. The van der Waals surface area contributed by atoms with Crippen molar-refractivity contribution in [1.82, 2.24) is 5.32 Å². The fourth-order valence-corrected chi connectivity index (χ4v) is 2.30. The third-order valence-electron chi connectivity index (χ3n) is 3.79. The van der Waals surface area contributed by atoms with Crippen LogP contribution in [0.15, 0.2) is 24.3 Å². The van der Waals surface area contributed by atoms with Crippen LogP contribution in [0.3, 0.4) is 0 Å². The number of para-hydroxylation sites is 2. The molecule has 0 radical (unpaired) electrons. The molecule has 1 aliphatic rings. The molecule has 0 heterocycles. The highest BCUT2D eigenvalue weighted by molar-refractivity contribution is 5.57. The zero-order valence-corrected chi connectivity index (χ0v) is 12.5. The van der Waals surface area contributed by atoms with Crippen molar-refractivity contribution < 1.29 is 4.74 Å². The van der Waals surface area contributed by atoms with Crippen LogP contribution in [0.4, 0.5) is 5.69 Å². The maximum atomic E-state index is 9.39. The number of ether oxygens (including phenoxy) is 1. The van der Waals surface area contributed by atoms with Gasteiger partial charge < -0.3 is 9.64 Å². The van der Waals surface area contributed by atoms with Gasteiger partial charge in [0.25, 0.3) is 0 Å². The number of nitrogens with zero attached hydrogens (tertiary/aromatic N) is 2. The Morgan fingerprint density at radius 3 is 2.75 bits per heavy atom. The van der Waals surface area contributed by atoms with Crippen LogP contribution < -0.4 is 15.0 Å². The van der Waals surface area contributed by atoms with Gasteiger partial charge in [-0.05, 0) is 38.3 Å². The van der Waals surface area contributed by atoms with Crippen LogP contribution in [0.1, 0.15) is 26.2 Å². The summed E-state index contributed by atoms with van der Waals surface area (Å²) in [6.07, 6.45) is 3.17. The molecule has 0 spiro atoms. The molecule has 4 heteroatoms. The molecule has 1 saturated carbocycles. The van der Waals surface area contributed by atoms with E-state index in [4.69, 9.17) is 4.74 Å². The van der Waals surface area contributed by atoms with E-state index in [1.165, 1.54) is 12.8 Å². The third kappa shape index (κ3) is 3.64. The Morgan fingerprint density at radius 1 is 1.45 bits per heavy atom. The molecule has 1 aromatic carbocycles. The van der Waals surface area contributed by atoms with Crippen molar-refractivity contribution >= 4 is 5.69 Å². The van der Waals surface area contributed by atoms with Gasteiger partial charge in [0, 0.05) is 19.6 Å². The van der Waals surface area contributed by atoms with Crippen LogP contribution in [-0.2, 0) is 0 Å². The van der Waals surface area contributed by atoms with E-state index in [0.29, 0.717) is 6.04 Å². The van der Waals surface area contributed by atoms with Gasteiger partial charge in [0.2, 0.25) is 0 Å². The summed E-state index contributed by atoms with van der Waals surface area (Å²) in [7, 11) is 3.72. The quantitative estimate of drug-likeness (QED) is 0.829. The van der Waals surface area contributed by atoms with E-state index in [9.17, 15) is 5.26 Å². The number of benzene rings is 1. The van der Waals surface area contributed by atoms with Crippen molar-refractivity contribution in [1.29, 1.82) is 5.26 Å². The van der Waals surface area contributed by atoms with Crippen molar-refractivity contribution in [3.8, 4) is 11.8 Å². The Kier molecular flexibility index (Phi) is 4.51. The smallest absolute Gasteiger partial charge is 0.142 e. The second kappa shape index (κ2) is 6.15. The van der Waals surface area contributed by atoms with Crippen LogP contribution in [-0.4, -0.2) is 32.3 Å². The number of hydrogen-bond donors (Lipinski definition) is 1. The minimum atomic E-state index is -0.447. The van der Waals surface area contributed by atoms with Crippen molar-refractivity contribution in [2.75, 3.05) is 25.6 Å². The third-order valence-corrected chi connectivity index (χ3v) is 3.79. The first kappa shape index (κ1) is 14.7. The number of nitrogens with one attached hydrogen (secondary N) is 1. The zero-order valence-electron chi connectivity index (χ0n) is 12.5. The summed E-state index contributed by atoms with van der Waals surface area (Å²) in [4.78, 5) is 2.14. The molecule has 1 fully saturated rings. The van der Waals surface area contributed by atoms with Gasteiger partial charge in [-0.2, -0.15) is 5.26 Å². The predicted octanol–water partition coefficient (Wildman–Crippen LogP) is 2.56. The lowest BCUT2D eigenvalue weighted by Crippen LogP contribution is -2.44. The number of methoxy groups -OCH3 is 1. The molecule has 2 rings (SSSR count). The fraction of sp³-hybridized carbons (Fsp3) is 0.562. The van der Waals surface area contributed by atoms with Crippen molar-refractivity contribution in [3.05, 3.63) is 24.3 Å². The van der Waals surface area contributed by atoms with Crippen molar-refractivity contribution in [2.45, 2.75) is 37.8 Å². The summed E-state index contributed by atoms with van der Waals surface area (Å²) < 4.78 is 5.38. The fourth-order valence-electron chi connectivity index (χ4n) is 2.30. The largest absolute Gasteiger partial charge is 0.495 e. The molecule has 1 N–H and O–H groups in total. The first-order valence-corrected chi connectivity index (χ1v) is 7.11. The lowest BCUT2D eigenvalue weighted by atomic mass is 9.99. The lowest BCUT2D eigenvalue weighted by molar-refractivity contribution is 0.407. The molecule has 0 amide bonds. The maximum Gasteiger partial charge on any atom is 0.142 e. The minimum absolute atomic E-state index is 0.447. The molecular formula is C16H23N3O. The average molecular weight is 273 g/mol. The summed E-state index contributed by atoms with van der Waals surface area (Å²) in [5, 5.41) is 12.8. The Bertz CT molecular complexity index is 493. The molecule has 20 heavy (non-hydrogen) atoms. The van der Waals surface area contributed by atoms with Crippen LogP contribution >= 0.6 is 0 Å². The highest BCUT2D eigenvalue weighted by Crippen LogP contribution is 2.28. The van der Waals surface area contributed by atoms with Crippen molar-refractivity contribution in [3.63, 3.8) is 0 Å². The van der Waals surface area contributed by atoms with E-state index < -0.39 is 5.54 Å². The van der Waals surface area contributed by atoms with Gasteiger partial charge >= 0.3 is 0 Å². The highest BCUT2D eigenvalue weighted by Gasteiger charge is 2.32. The standard InChI is InChI=1S/C16H23N3O/c1-16(12-17,18-13-8-9-13)10-11-19(2)14-6-4-5-7-15(14)20-3/h4-7,13,18H,8-11H2,1-3H3. The second-order valence-corrected chi connectivity index (χ2v) is 5.71. The molecule has 4 nitrogen and oxygen atoms in total.